The molecule has 0 spiro atoms. The van der Waals surface area contributed by atoms with Gasteiger partial charge in [0.05, 0.1) is 12.9 Å². The van der Waals surface area contributed by atoms with Crippen LogP contribution in [0, 0.1) is 6.92 Å². The van der Waals surface area contributed by atoms with E-state index < -0.39 is 0 Å². The van der Waals surface area contributed by atoms with Gasteiger partial charge in [-0.1, -0.05) is 53.7 Å². The van der Waals surface area contributed by atoms with Crippen LogP contribution < -0.4 is 10.1 Å². The van der Waals surface area contributed by atoms with Gasteiger partial charge in [0.1, 0.15) is 5.75 Å². The number of hydrogen-bond acceptors (Lipinski definition) is 5. The minimum absolute atomic E-state index is 0.0625. The fourth-order valence-corrected chi connectivity index (χ4v) is 2.90. The van der Waals surface area contributed by atoms with E-state index in [0.29, 0.717) is 17.5 Å². The third-order valence-electron chi connectivity index (χ3n) is 3.77. The summed E-state index contributed by atoms with van der Waals surface area (Å²) in [5, 5.41) is 10.5. The van der Waals surface area contributed by atoms with Crippen LogP contribution in [-0.4, -0.2) is 34.0 Å². The summed E-state index contributed by atoms with van der Waals surface area (Å²) in [5.74, 6) is 1.70. The summed E-state index contributed by atoms with van der Waals surface area (Å²) in [4.78, 5) is 16.4. The first-order valence-corrected chi connectivity index (χ1v) is 9.14. The lowest BCUT2D eigenvalue weighted by Gasteiger charge is -2.05. The Labute approximate surface area is 156 Å². The van der Waals surface area contributed by atoms with E-state index in [9.17, 15) is 4.79 Å². The number of H-pyrrole nitrogens is 1. The van der Waals surface area contributed by atoms with Gasteiger partial charge in [-0.2, -0.15) is 0 Å². The lowest BCUT2D eigenvalue weighted by Crippen LogP contribution is -2.24. The monoisotopic (exact) mass is 368 g/mol. The third-order valence-corrected chi connectivity index (χ3v) is 4.62. The summed E-state index contributed by atoms with van der Waals surface area (Å²) >= 11 is 1.30. The molecule has 1 amide bonds. The summed E-state index contributed by atoms with van der Waals surface area (Å²) < 4.78 is 5.11. The molecule has 1 aromatic heterocycles. The van der Waals surface area contributed by atoms with Gasteiger partial charge in [-0.15, -0.1) is 5.10 Å². The smallest absolute Gasteiger partial charge is 0.230 e. The van der Waals surface area contributed by atoms with Crippen molar-refractivity contribution in [3.8, 4) is 17.1 Å². The molecule has 0 unspecified atom stereocenters. The van der Waals surface area contributed by atoms with Crippen molar-refractivity contribution < 1.29 is 9.53 Å². The van der Waals surface area contributed by atoms with Crippen molar-refractivity contribution in [2.75, 3.05) is 12.9 Å². The van der Waals surface area contributed by atoms with E-state index >= 15 is 0 Å². The molecular formula is C19H20N4O2S. The van der Waals surface area contributed by atoms with Gasteiger partial charge >= 0.3 is 0 Å². The van der Waals surface area contributed by atoms with Gasteiger partial charge in [0, 0.05) is 12.1 Å². The highest BCUT2D eigenvalue weighted by Gasteiger charge is 2.09. The number of aromatic nitrogens is 3. The Hall–Kier alpha value is -2.80. The second-order valence-electron chi connectivity index (χ2n) is 5.75. The second kappa shape index (κ2) is 8.53. The van der Waals surface area contributed by atoms with Gasteiger partial charge < -0.3 is 10.1 Å². The molecule has 134 valence electrons. The maximum atomic E-state index is 12.0. The predicted octanol–water partition coefficient (Wildman–Crippen LogP) is 3.20. The number of aromatic amines is 1. The molecule has 7 heteroatoms. The molecule has 0 saturated heterocycles. The lowest BCUT2D eigenvalue weighted by molar-refractivity contribution is -0.118. The van der Waals surface area contributed by atoms with Crippen LogP contribution in [0.2, 0.25) is 0 Å². The Kier molecular flexibility index (Phi) is 5.91. The van der Waals surface area contributed by atoms with Crippen molar-refractivity contribution in [2.24, 2.45) is 0 Å². The van der Waals surface area contributed by atoms with Crippen LogP contribution >= 0.6 is 11.8 Å². The first-order valence-electron chi connectivity index (χ1n) is 8.16. The molecule has 2 aromatic carbocycles. The van der Waals surface area contributed by atoms with Crippen LogP contribution in [-0.2, 0) is 11.3 Å². The van der Waals surface area contributed by atoms with E-state index in [4.69, 9.17) is 4.74 Å². The van der Waals surface area contributed by atoms with E-state index in [1.165, 1.54) is 17.3 Å². The molecule has 6 nitrogen and oxygen atoms in total. The number of carbonyl (C=O) groups is 1. The van der Waals surface area contributed by atoms with Crippen LogP contribution in [0.25, 0.3) is 11.4 Å². The van der Waals surface area contributed by atoms with E-state index in [0.717, 1.165) is 16.9 Å². The zero-order valence-corrected chi connectivity index (χ0v) is 15.5. The van der Waals surface area contributed by atoms with E-state index in [-0.39, 0.29) is 11.7 Å². The van der Waals surface area contributed by atoms with Crippen LogP contribution in [0.15, 0.2) is 53.7 Å². The Balaban J connectivity index is 1.47. The molecular weight excluding hydrogens is 348 g/mol. The molecule has 0 aliphatic rings. The number of benzene rings is 2. The van der Waals surface area contributed by atoms with Crippen molar-refractivity contribution in [3.05, 3.63) is 59.7 Å². The highest BCUT2D eigenvalue weighted by Crippen LogP contribution is 2.19. The molecule has 3 aromatic rings. The van der Waals surface area contributed by atoms with Crippen molar-refractivity contribution in [1.29, 1.82) is 0 Å². The number of aryl methyl sites for hydroxylation is 1. The number of carbonyl (C=O) groups excluding carboxylic acids is 1. The molecule has 1 heterocycles. The number of ether oxygens (including phenoxy) is 1. The summed E-state index contributed by atoms with van der Waals surface area (Å²) in [5.41, 5.74) is 3.18. The highest BCUT2D eigenvalue weighted by atomic mass is 32.2. The van der Waals surface area contributed by atoms with Gasteiger partial charge in [-0.05, 0) is 24.6 Å². The van der Waals surface area contributed by atoms with Gasteiger partial charge in [-0.3, -0.25) is 9.89 Å². The predicted molar refractivity (Wildman–Crippen MR) is 102 cm³/mol. The standard InChI is InChI=1S/C19H20N4O2S/c1-13-3-7-15(8-4-13)18-21-19(23-22-18)26-12-17(24)20-11-14-5-9-16(25-2)10-6-14/h3-10H,11-12H2,1-2H3,(H,20,24)(H,21,22,23). The number of rotatable bonds is 7. The zero-order valence-electron chi connectivity index (χ0n) is 14.7. The number of methoxy groups -OCH3 is 1. The SMILES string of the molecule is COc1ccc(CNC(=O)CSc2n[nH]c(-c3ccc(C)cc3)n2)cc1. The summed E-state index contributed by atoms with van der Waals surface area (Å²) in [6.45, 7) is 2.52. The molecule has 0 aliphatic heterocycles. The third kappa shape index (κ3) is 4.86. The van der Waals surface area contributed by atoms with E-state index in [2.05, 4.69) is 20.5 Å². The topological polar surface area (TPSA) is 79.9 Å². The molecule has 0 radical (unpaired) electrons. The number of amides is 1. The lowest BCUT2D eigenvalue weighted by atomic mass is 10.1. The maximum Gasteiger partial charge on any atom is 0.230 e. The van der Waals surface area contributed by atoms with E-state index in [1.807, 2.05) is 55.5 Å². The van der Waals surface area contributed by atoms with Crippen molar-refractivity contribution in [3.63, 3.8) is 0 Å². The maximum absolute atomic E-state index is 12.0. The van der Waals surface area contributed by atoms with Crippen molar-refractivity contribution in [1.82, 2.24) is 20.5 Å². The molecule has 26 heavy (non-hydrogen) atoms. The quantitative estimate of drug-likeness (QED) is 0.626. The summed E-state index contributed by atoms with van der Waals surface area (Å²) in [6, 6.07) is 15.6. The fourth-order valence-electron chi connectivity index (χ4n) is 2.28. The molecule has 0 bridgehead atoms. The minimum Gasteiger partial charge on any atom is -0.497 e. The van der Waals surface area contributed by atoms with Gasteiger partial charge in [0.25, 0.3) is 0 Å². The molecule has 2 N–H and O–H groups in total. The second-order valence-corrected chi connectivity index (χ2v) is 6.69. The summed E-state index contributed by atoms with van der Waals surface area (Å²) in [7, 11) is 1.63. The molecule has 0 fully saturated rings. The van der Waals surface area contributed by atoms with E-state index in [1.54, 1.807) is 7.11 Å². The first-order chi connectivity index (χ1) is 12.6. The first kappa shape index (κ1) is 18.0. The zero-order chi connectivity index (χ0) is 18.4. The van der Waals surface area contributed by atoms with Gasteiger partial charge in [-0.25, -0.2) is 4.98 Å². The van der Waals surface area contributed by atoms with Crippen LogP contribution in [0.1, 0.15) is 11.1 Å². The number of thioether (sulfide) groups is 1. The molecule has 0 atom stereocenters. The molecule has 3 rings (SSSR count). The van der Waals surface area contributed by atoms with Crippen LogP contribution in [0.4, 0.5) is 0 Å². The van der Waals surface area contributed by atoms with Crippen molar-refractivity contribution in [2.45, 2.75) is 18.6 Å². The number of nitrogens with zero attached hydrogens (tertiary/aromatic N) is 2. The Morgan fingerprint density at radius 2 is 1.88 bits per heavy atom. The largest absolute Gasteiger partial charge is 0.497 e. The highest BCUT2D eigenvalue weighted by molar-refractivity contribution is 7.99. The number of nitrogens with one attached hydrogen (secondary N) is 2. The van der Waals surface area contributed by atoms with Gasteiger partial charge in [0.2, 0.25) is 11.1 Å². The average Bonchev–Trinajstić information content (AvgIpc) is 3.14. The fraction of sp³-hybridized carbons (Fsp3) is 0.211. The van der Waals surface area contributed by atoms with Gasteiger partial charge in [0.15, 0.2) is 5.82 Å². The Bertz CT molecular complexity index is 860. The van der Waals surface area contributed by atoms with Crippen molar-refractivity contribution >= 4 is 17.7 Å². The number of hydrogen-bond donors (Lipinski definition) is 2. The van der Waals surface area contributed by atoms with Crippen LogP contribution in [0.3, 0.4) is 0 Å². The van der Waals surface area contributed by atoms with Crippen LogP contribution in [0.5, 0.6) is 5.75 Å². The molecule has 0 aliphatic carbocycles. The Morgan fingerprint density at radius 3 is 2.58 bits per heavy atom. The average molecular weight is 368 g/mol. The minimum atomic E-state index is -0.0625. The Morgan fingerprint density at radius 1 is 1.15 bits per heavy atom. The molecule has 0 saturated carbocycles. The normalized spacial score (nSPS) is 10.5. The summed E-state index contributed by atoms with van der Waals surface area (Å²) in [6.07, 6.45) is 0.